The summed E-state index contributed by atoms with van der Waals surface area (Å²) in [4.78, 5) is 27.8. The Morgan fingerprint density at radius 3 is 2.79 bits per heavy atom. The molecule has 0 aromatic heterocycles. The van der Waals surface area contributed by atoms with Gasteiger partial charge in [-0.3, -0.25) is 14.5 Å². The van der Waals surface area contributed by atoms with Crippen LogP contribution in [0.2, 0.25) is 5.02 Å². The van der Waals surface area contributed by atoms with Crippen molar-refractivity contribution in [2.75, 3.05) is 16.8 Å². The van der Waals surface area contributed by atoms with Gasteiger partial charge in [-0.05, 0) is 69.0 Å². The average Bonchev–Trinajstić information content (AvgIpc) is 2.95. The Labute approximate surface area is 200 Å². The quantitative estimate of drug-likeness (QED) is 0.462. The standard InChI is InChI=1S/C27H30ClN3O2/c1-19(20-10-4-2-5-11-20)29-17-9-3-6-14-26(32)31-24-13-8-7-12-22(24)27(33)30-23-18-21(28)15-16-25(23)31/h2,4-5,8,10-11,13,15-16,18-19,29H,3,6-7,9,12,14,17H2,1H3,(H,30,33). The second-order valence-corrected chi connectivity index (χ2v) is 8.98. The SMILES string of the molecule is CC(NCCCCCC(=O)N1C2=C(CCC=C2)C(=O)Nc2cc(Cl)ccc21)c1ccccc1. The van der Waals surface area contributed by atoms with Crippen LogP contribution in [-0.2, 0) is 9.59 Å². The van der Waals surface area contributed by atoms with Gasteiger partial charge < -0.3 is 10.6 Å². The van der Waals surface area contributed by atoms with Crippen LogP contribution in [0.4, 0.5) is 11.4 Å². The third kappa shape index (κ3) is 5.55. The van der Waals surface area contributed by atoms with Gasteiger partial charge in [-0.2, -0.15) is 0 Å². The molecule has 6 heteroatoms. The first-order valence-corrected chi connectivity index (χ1v) is 12.0. The molecule has 0 bridgehead atoms. The van der Waals surface area contributed by atoms with Crippen LogP contribution in [0.25, 0.3) is 0 Å². The van der Waals surface area contributed by atoms with Gasteiger partial charge in [-0.25, -0.2) is 0 Å². The Hall–Kier alpha value is -2.89. The molecule has 0 fully saturated rings. The Kier molecular flexibility index (Phi) is 7.63. The van der Waals surface area contributed by atoms with Crippen molar-refractivity contribution in [2.24, 2.45) is 0 Å². The van der Waals surface area contributed by atoms with E-state index in [9.17, 15) is 9.59 Å². The summed E-state index contributed by atoms with van der Waals surface area (Å²) in [5, 5.41) is 7.01. The van der Waals surface area contributed by atoms with E-state index in [4.69, 9.17) is 11.6 Å². The fourth-order valence-electron chi connectivity index (χ4n) is 4.36. The van der Waals surface area contributed by atoms with E-state index in [1.807, 2.05) is 24.3 Å². The van der Waals surface area contributed by atoms with Crippen molar-refractivity contribution in [2.45, 2.75) is 51.5 Å². The number of amides is 2. The highest BCUT2D eigenvalue weighted by Gasteiger charge is 2.31. The second-order valence-electron chi connectivity index (χ2n) is 8.55. The van der Waals surface area contributed by atoms with Crippen LogP contribution < -0.4 is 15.5 Å². The summed E-state index contributed by atoms with van der Waals surface area (Å²) in [5.74, 6) is -0.161. The molecular formula is C27H30ClN3O2. The van der Waals surface area contributed by atoms with Crippen molar-refractivity contribution in [3.05, 3.63) is 82.5 Å². The molecule has 2 aliphatic rings. The fourth-order valence-corrected chi connectivity index (χ4v) is 4.53. The van der Waals surface area contributed by atoms with E-state index >= 15 is 0 Å². The minimum Gasteiger partial charge on any atom is -0.320 e. The molecule has 2 N–H and O–H groups in total. The largest absolute Gasteiger partial charge is 0.320 e. The molecule has 1 aliphatic heterocycles. The van der Waals surface area contributed by atoms with Gasteiger partial charge in [0.25, 0.3) is 5.91 Å². The molecule has 2 amide bonds. The monoisotopic (exact) mass is 463 g/mol. The van der Waals surface area contributed by atoms with Crippen LogP contribution in [0.3, 0.4) is 0 Å². The van der Waals surface area contributed by atoms with Gasteiger partial charge in [-0.15, -0.1) is 0 Å². The summed E-state index contributed by atoms with van der Waals surface area (Å²) in [5.41, 5.74) is 3.86. The van der Waals surface area contributed by atoms with Gasteiger partial charge in [0, 0.05) is 23.1 Å². The van der Waals surface area contributed by atoms with Crippen LogP contribution in [0, 0.1) is 0 Å². The van der Waals surface area contributed by atoms with Crippen molar-refractivity contribution in [1.29, 1.82) is 0 Å². The minimum absolute atomic E-state index is 0.000245. The zero-order chi connectivity index (χ0) is 23.2. The first-order valence-electron chi connectivity index (χ1n) is 11.7. The Bertz CT molecular complexity index is 1080. The molecule has 1 heterocycles. The molecule has 1 atom stereocenters. The minimum atomic E-state index is -0.160. The van der Waals surface area contributed by atoms with Crippen molar-refractivity contribution >= 4 is 34.8 Å². The maximum Gasteiger partial charge on any atom is 0.253 e. The molecule has 2 aromatic rings. The van der Waals surface area contributed by atoms with Gasteiger partial charge in [0.1, 0.15) is 0 Å². The third-order valence-electron chi connectivity index (χ3n) is 6.18. The molecule has 0 saturated carbocycles. The number of hydrogen-bond acceptors (Lipinski definition) is 3. The first kappa shape index (κ1) is 23.3. The number of anilines is 2. The van der Waals surface area contributed by atoms with Crippen molar-refractivity contribution in [1.82, 2.24) is 5.32 Å². The molecule has 0 saturated heterocycles. The Morgan fingerprint density at radius 1 is 1.15 bits per heavy atom. The second kappa shape index (κ2) is 10.8. The Balaban J connectivity index is 1.37. The number of fused-ring (bicyclic) bond motifs is 1. The predicted octanol–water partition coefficient (Wildman–Crippen LogP) is 6.14. The van der Waals surface area contributed by atoms with Crippen molar-refractivity contribution < 1.29 is 9.59 Å². The van der Waals surface area contributed by atoms with Crippen LogP contribution >= 0.6 is 11.6 Å². The Morgan fingerprint density at radius 2 is 1.97 bits per heavy atom. The van der Waals surface area contributed by atoms with Gasteiger partial charge in [-0.1, -0.05) is 54.4 Å². The highest BCUT2D eigenvalue weighted by molar-refractivity contribution is 6.31. The number of allylic oxidation sites excluding steroid dienone is 2. The normalized spacial score (nSPS) is 16.1. The van der Waals surface area contributed by atoms with E-state index in [1.54, 1.807) is 17.0 Å². The van der Waals surface area contributed by atoms with Crippen LogP contribution in [0.15, 0.2) is 72.0 Å². The smallest absolute Gasteiger partial charge is 0.253 e. The van der Waals surface area contributed by atoms with E-state index in [2.05, 4.69) is 41.8 Å². The zero-order valence-corrected chi connectivity index (χ0v) is 19.7. The van der Waals surface area contributed by atoms with E-state index in [0.717, 1.165) is 32.2 Å². The predicted molar refractivity (Wildman–Crippen MR) is 134 cm³/mol. The molecular weight excluding hydrogens is 434 g/mol. The van der Waals surface area contributed by atoms with Gasteiger partial charge in [0.15, 0.2) is 0 Å². The number of benzene rings is 2. The molecule has 0 radical (unpaired) electrons. The maximum atomic E-state index is 13.4. The molecule has 4 rings (SSSR count). The highest BCUT2D eigenvalue weighted by Crippen LogP contribution is 2.38. The van der Waals surface area contributed by atoms with Crippen LogP contribution in [0.1, 0.15) is 57.1 Å². The summed E-state index contributed by atoms with van der Waals surface area (Å²) in [6.45, 7) is 3.08. The summed E-state index contributed by atoms with van der Waals surface area (Å²) in [6, 6.07) is 16.0. The lowest BCUT2D eigenvalue weighted by Gasteiger charge is -2.26. The van der Waals surface area contributed by atoms with Crippen LogP contribution in [-0.4, -0.2) is 18.4 Å². The molecule has 0 spiro atoms. The summed E-state index contributed by atoms with van der Waals surface area (Å²) < 4.78 is 0. The van der Waals surface area contributed by atoms with E-state index in [-0.39, 0.29) is 11.8 Å². The number of nitrogens with one attached hydrogen (secondary N) is 2. The number of halogens is 1. The van der Waals surface area contributed by atoms with Gasteiger partial charge >= 0.3 is 0 Å². The summed E-state index contributed by atoms with van der Waals surface area (Å²) in [7, 11) is 0. The number of carbonyl (C=O) groups excluding carboxylic acids is 2. The van der Waals surface area contributed by atoms with E-state index < -0.39 is 0 Å². The number of hydrogen-bond donors (Lipinski definition) is 2. The van der Waals surface area contributed by atoms with Gasteiger partial charge in [0.2, 0.25) is 5.91 Å². The zero-order valence-electron chi connectivity index (χ0n) is 18.9. The third-order valence-corrected chi connectivity index (χ3v) is 6.41. The molecule has 172 valence electrons. The van der Waals surface area contributed by atoms with Crippen molar-refractivity contribution in [3.8, 4) is 0 Å². The van der Waals surface area contributed by atoms with Crippen molar-refractivity contribution in [3.63, 3.8) is 0 Å². The molecule has 33 heavy (non-hydrogen) atoms. The lowest BCUT2D eigenvalue weighted by molar-refractivity contribution is -0.118. The lowest BCUT2D eigenvalue weighted by atomic mass is 10.00. The van der Waals surface area contributed by atoms with Gasteiger partial charge in [0.05, 0.1) is 17.1 Å². The van der Waals surface area contributed by atoms with E-state index in [0.29, 0.717) is 46.6 Å². The summed E-state index contributed by atoms with van der Waals surface area (Å²) in [6.07, 6.45) is 8.52. The topological polar surface area (TPSA) is 61.4 Å². The van der Waals surface area contributed by atoms with Crippen LogP contribution in [0.5, 0.6) is 0 Å². The van der Waals surface area contributed by atoms with E-state index in [1.165, 1.54) is 5.56 Å². The molecule has 2 aromatic carbocycles. The first-order chi connectivity index (χ1) is 16.0. The number of carbonyl (C=O) groups is 2. The number of rotatable bonds is 8. The molecule has 1 aliphatic carbocycles. The maximum absolute atomic E-state index is 13.4. The molecule has 1 unspecified atom stereocenters. The average molecular weight is 464 g/mol. The lowest BCUT2D eigenvalue weighted by Crippen LogP contribution is -2.31. The highest BCUT2D eigenvalue weighted by atomic mass is 35.5. The summed E-state index contributed by atoms with van der Waals surface area (Å²) >= 11 is 6.16. The number of nitrogens with zero attached hydrogens (tertiary/aromatic N) is 1. The fraction of sp³-hybridized carbons (Fsp3) is 0.333. The number of unbranched alkanes of at least 4 members (excludes halogenated alkanes) is 2. The molecule has 5 nitrogen and oxygen atoms in total.